The first kappa shape index (κ1) is 18.7. The summed E-state index contributed by atoms with van der Waals surface area (Å²) in [7, 11) is 0. The number of carboxylic acids is 1. The number of carboxylic acid groups (broad SMARTS) is 1. The fourth-order valence-corrected chi connectivity index (χ4v) is 2.77. The second-order valence-corrected chi connectivity index (χ2v) is 6.34. The van der Waals surface area contributed by atoms with Crippen LogP contribution in [0.3, 0.4) is 0 Å². The predicted molar refractivity (Wildman–Crippen MR) is 87.7 cm³/mol. The van der Waals surface area contributed by atoms with Crippen molar-refractivity contribution < 1.29 is 23.8 Å². The van der Waals surface area contributed by atoms with E-state index in [1.807, 2.05) is 0 Å². The minimum absolute atomic E-state index is 0. The molecule has 1 aromatic carbocycles. The first-order chi connectivity index (χ1) is 11.0. The van der Waals surface area contributed by atoms with Gasteiger partial charge in [0.2, 0.25) is 0 Å². The van der Waals surface area contributed by atoms with E-state index in [0.29, 0.717) is 36.6 Å². The van der Waals surface area contributed by atoms with Crippen LogP contribution in [0.1, 0.15) is 35.2 Å². The summed E-state index contributed by atoms with van der Waals surface area (Å²) in [6.07, 6.45) is 2.79. The van der Waals surface area contributed by atoms with E-state index in [1.165, 1.54) is 35.9 Å². The Kier molecular flexibility index (Phi) is 6.18. The molecule has 1 heterocycles. The maximum Gasteiger partial charge on any atom is 0.308 e. The Hall–Kier alpha value is -1.66. The smallest absolute Gasteiger partial charge is 0.308 e. The molecule has 1 aromatic rings. The van der Waals surface area contributed by atoms with Crippen molar-refractivity contribution in [2.45, 2.75) is 25.9 Å². The molecular formula is C17H21ClFNO4. The van der Waals surface area contributed by atoms with Crippen molar-refractivity contribution in [2.24, 2.45) is 11.8 Å². The fourth-order valence-electron chi connectivity index (χ4n) is 2.77. The lowest BCUT2D eigenvalue weighted by Gasteiger charge is -2.16. The SMILES string of the molecule is Cl.O=C(O)C1CCN(C(=O)c2ccc(F)c(COCC3CC3)c2)C1. The molecule has 1 aliphatic heterocycles. The summed E-state index contributed by atoms with van der Waals surface area (Å²) >= 11 is 0. The van der Waals surface area contributed by atoms with Crippen LogP contribution < -0.4 is 0 Å². The van der Waals surface area contributed by atoms with Crippen LogP contribution >= 0.6 is 12.4 Å². The third kappa shape index (κ3) is 4.45. The van der Waals surface area contributed by atoms with E-state index in [4.69, 9.17) is 9.84 Å². The Morgan fingerprint density at radius 1 is 1.29 bits per heavy atom. The lowest BCUT2D eigenvalue weighted by molar-refractivity contribution is -0.141. The van der Waals surface area contributed by atoms with Crippen LogP contribution in [-0.4, -0.2) is 41.6 Å². The number of hydrogen-bond donors (Lipinski definition) is 1. The molecule has 24 heavy (non-hydrogen) atoms. The molecule has 1 saturated carbocycles. The Bertz CT molecular complexity index is 621. The van der Waals surface area contributed by atoms with E-state index in [-0.39, 0.29) is 37.3 Å². The number of carbonyl (C=O) groups excluding carboxylic acids is 1. The first-order valence-corrected chi connectivity index (χ1v) is 7.93. The summed E-state index contributed by atoms with van der Waals surface area (Å²) in [5, 5.41) is 9.01. The third-order valence-corrected chi connectivity index (χ3v) is 4.43. The van der Waals surface area contributed by atoms with Crippen molar-refractivity contribution in [1.82, 2.24) is 4.90 Å². The molecule has 0 aromatic heterocycles. The number of likely N-dealkylation sites (tertiary alicyclic amines) is 1. The quantitative estimate of drug-likeness (QED) is 0.850. The highest BCUT2D eigenvalue weighted by molar-refractivity contribution is 5.95. The molecule has 1 amide bonds. The van der Waals surface area contributed by atoms with E-state index < -0.39 is 11.9 Å². The fraction of sp³-hybridized carbons (Fsp3) is 0.529. The lowest BCUT2D eigenvalue weighted by Crippen LogP contribution is -2.30. The minimum atomic E-state index is -0.881. The average molecular weight is 358 g/mol. The number of carbonyl (C=O) groups is 2. The summed E-state index contributed by atoms with van der Waals surface area (Å²) < 4.78 is 19.3. The van der Waals surface area contributed by atoms with Gasteiger partial charge in [-0.15, -0.1) is 12.4 Å². The molecule has 132 valence electrons. The van der Waals surface area contributed by atoms with Crippen LogP contribution in [0.4, 0.5) is 4.39 Å². The zero-order valence-corrected chi connectivity index (χ0v) is 14.1. The van der Waals surface area contributed by atoms with Crippen LogP contribution in [0.15, 0.2) is 18.2 Å². The highest BCUT2D eigenvalue weighted by Crippen LogP contribution is 2.29. The van der Waals surface area contributed by atoms with Gasteiger partial charge in [-0.05, 0) is 43.4 Å². The third-order valence-electron chi connectivity index (χ3n) is 4.43. The Morgan fingerprint density at radius 2 is 2.04 bits per heavy atom. The summed E-state index contributed by atoms with van der Waals surface area (Å²) in [6, 6.07) is 4.22. The molecule has 0 bridgehead atoms. The van der Waals surface area contributed by atoms with Gasteiger partial charge in [0.15, 0.2) is 0 Å². The maximum absolute atomic E-state index is 13.8. The summed E-state index contributed by atoms with van der Waals surface area (Å²) in [4.78, 5) is 24.9. The number of ether oxygens (including phenoxy) is 1. The van der Waals surface area contributed by atoms with Crippen LogP contribution in [0.5, 0.6) is 0 Å². The molecule has 0 spiro atoms. The number of rotatable bonds is 6. The van der Waals surface area contributed by atoms with Crippen LogP contribution in [0, 0.1) is 17.7 Å². The topological polar surface area (TPSA) is 66.8 Å². The molecule has 3 rings (SSSR count). The Labute approximate surface area is 146 Å². The van der Waals surface area contributed by atoms with Gasteiger partial charge in [0, 0.05) is 30.8 Å². The van der Waals surface area contributed by atoms with Crippen molar-refractivity contribution >= 4 is 24.3 Å². The molecule has 1 aliphatic carbocycles. The predicted octanol–water partition coefficient (Wildman–Crippen LogP) is 2.72. The molecule has 5 nitrogen and oxygen atoms in total. The number of amides is 1. The Balaban J connectivity index is 0.00000208. The van der Waals surface area contributed by atoms with Crippen molar-refractivity contribution in [3.05, 3.63) is 35.1 Å². The van der Waals surface area contributed by atoms with Gasteiger partial charge in [0.05, 0.1) is 12.5 Å². The van der Waals surface area contributed by atoms with Gasteiger partial charge in [-0.1, -0.05) is 0 Å². The highest BCUT2D eigenvalue weighted by atomic mass is 35.5. The monoisotopic (exact) mass is 357 g/mol. The first-order valence-electron chi connectivity index (χ1n) is 7.93. The van der Waals surface area contributed by atoms with Gasteiger partial charge in [-0.3, -0.25) is 9.59 Å². The van der Waals surface area contributed by atoms with Crippen LogP contribution in [0.2, 0.25) is 0 Å². The molecular weight excluding hydrogens is 337 g/mol. The largest absolute Gasteiger partial charge is 0.481 e. The van der Waals surface area contributed by atoms with Gasteiger partial charge in [-0.25, -0.2) is 4.39 Å². The zero-order chi connectivity index (χ0) is 16.4. The van der Waals surface area contributed by atoms with Crippen LogP contribution in [0.25, 0.3) is 0 Å². The van der Waals surface area contributed by atoms with E-state index >= 15 is 0 Å². The van der Waals surface area contributed by atoms with Gasteiger partial charge >= 0.3 is 5.97 Å². The molecule has 7 heteroatoms. The number of halogens is 2. The molecule has 1 atom stereocenters. The second kappa shape index (κ2) is 7.94. The normalized spacial score (nSPS) is 19.9. The minimum Gasteiger partial charge on any atom is -0.481 e. The molecule has 0 radical (unpaired) electrons. The standard InChI is InChI=1S/C17H20FNO4.ClH/c18-15-4-3-12(7-14(15)10-23-9-11-1-2-11)16(20)19-6-5-13(8-19)17(21)22;/h3-4,7,11,13H,1-2,5-6,8-10H2,(H,21,22);1H. The van der Waals surface area contributed by atoms with E-state index in [2.05, 4.69) is 0 Å². The maximum atomic E-state index is 13.8. The number of aliphatic carboxylic acids is 1. The summed E-state index contributed by atoms with van der Waals surface area (Å²) in [5.74, 6) is -1.44. The zero-order valence-electron chi connectivity index (χ0n) is 13.2. The highest BCUT2D eigenvalue weighted by Gasteiger charge is 2.31. The number of hydrogen-bond acceptors (Lipinski definition) is 3. The van der Waals surface area contributed by atoms with E-state index in [1.54, 1.807) is 0 Å². The molecule has 1 saturated heterocycles. The van der Waals surface area contributed by atoms with Crippen molar-refractivity contribution in [3.8, 4) is 0 Å². The summed E-state index contributed by atoms with van der Waals surface area (Å²) in [6.45, 7) is 1.41. The average Bonchev–Trinajstić information content (AvgIpc) is 3.21. The summed E-state index contributed by atoms with van der Waals surface area (Å²) in [5.41, 5.74) is 0.743. The molecule has 1 unspecified atom stereocenters. The molecule has 2 aliphatic rings. The second-order valence-electron chi connectivity index (χ2n) is 6.34. The van der Waals surface area contributed by atoms with Gasteiger partial charge in [0.1, 0.15) is 5.82 Å². The molecule has 2 fully saturated rings. The lowest BCUT2D eigenvalue weighted by atomic mass is 10.1. The van der Waals surface area contributed by atoms with E-state index in [0.717, 1.165) is 0 Å². The van der Waals surface area contributed by atoms with Crippen molar-refractivity contribution in [2.75, 3.05) is 19.7 Å². The van der Waals surface area contributed by atoms with Crippen molar-refractivity contribution in [1.29, 1.82) is 0 Å². The number of nitrogens with zero attached hydrogens (tertiary/aromatic N) is 1. The van der Waals surface area contributed by atoms with E-state index in [9.17, 15) is 14.0 Å². The van der Waals surface area contributed by atoms with Gasteiger partial charge < -0.3 is 14.7 Å². The number of benzene rings is 1. The molecule has 1 N–H and O–H groups in total. The van der Waals surface area contributed by atoms with Gasteiger partial charge in [-0.2, -0.15) is 0 Å². The van der Waals surface area contributed by atoms with Gasteiger partial charge in [0.25, 0.3) is 5.91 Å². The van der Waals surface area contributed by atoms with Crippen LogP contribution in [-0.2, 0) is 16.1 Å². The Morgan fingerprint density at radius 3 is 2.67 bits per heavy atom. The van der Waals surface area contributed by atoms with Crippen molar-refractivity contribution in [3.63, 3.8) is 0 Å².